The zero-order valence-corrected chi connectivity index (χ0v) is 16.3. The third kappa shape index (κ3) is 3.54. The molecule has 1 fully saturated rings. The van der Waals surface area contributed by atoms with E-state index in [0.717, 1.165) is 37.3 Å². The van der Waals surface area contributed by atoms with Gasteiger partial charge in [0.05, 0.1) is 27.3 Å². The quantitative estimate of drug-likeness (QED) is 0.684. The number of amides is 1. The van der Waals surface area contributed by atoms with Gasteiger partial charge in [0.25, 0.3) is 5.91 Å². The zero-order chi connectivity index (χ0) is 19.5. The number of rotatable bonds is 4. The van der Waals surface area contributed by atoms with Crippen LogP contribution in [0.2, 0.25) is 0 Å². The van der Waals surface area contributed by atoms with Gasteiger partial charge >= 0.3 is 0 Å². The molecule has 142 valence electrons. The van der Waals surface area contributed by atoms with Crippen LogP contribution in [-0.4, -0.2) is 59.0 Å². The van der Waals surface area contributed by atoms with E-state index in [1.54, 1.807) is 30.8 Å². The summed E-state index contributed by atoms with van der Waals surface area (Å²) in [6.45, 7) is 3.17. The number of piperazine rings is 1. The molecule has 1 amide bonds. The summed E-state index contributed by atoms with van der Waals surface area (Å²) in [5.74, 6) is 3.38. The van der Waals surface area contributed by atoms with Crippen LogP contribution in [-0.2, 0) is 0 Å². The van der Waals surface area contributed by atoms with E-state index in [4.69, 9.17) is 6.42 Å². The first-order valence-electron chi connectivity index (χ1n) is 9.02. The number of thiazole rings is 1. The number of carbonyl (C=O) groups excluding carboxylic acids is 1. The maximum atomic E-state index is 11.6. The van der Waals surface area contributed by atoms with E-state index in [-0.39, 0.29) is 11.9 Å². The van der Waals surface area contributed by atoms with Crippen molar-refractivity contribution in [2.24, 2.45) is 0 Å². The van der Waals surface area contributed by atoms with Crippen molar-refractivity contribution in [3.8, 4) is 12.3 Å². The predicted octanol–water partition coefficient (Wildman–Crippen LogP) is 1.94. The Labute approximate surface area is 167 Å². The van der Waals surface area contributed by atoms with Gasteiger partial charge in [-0.15, -0.1) is 17.8 Å². The third-order valence-electron chi connectivity index (χ3n) is 4.92. The van der Waals surface area contributed by atoms with E-state index in [1.165, 1.54) is 4.70 Å². The molecule has 0 saturated carbocycles. The van der Waals surface area contributed by atoms with Gasteiger partial charge in [0, 0.05) is 45.6 Å². The molecule has 1 unspecified atom stereocenters. The first kappa shape index (κ1) is 18.3. The average molecular weight is 392 g/mol. The Bertz CT molecular complexity index is 1020. The van der Waals surface area contributed by atoms with E-state index < -0.39 is 0 Å². The lowest BCUT2D eigenvalue weighted by atomic mass is 10.0. The van der Waals surface area contributed by atoms with Crippen LogP contribution in [0.3, 0.4) is 0 Å². The summed E-state index contributed by atoms with van der Waals surface area (Å²) < 4.78 is 1.17. The lowest BCUT2D eigenvalue weighted by Gasteiger charge is -2.37. The lowest BCUT2D eigenvalue weighted by Crippen LogP contribution is -2.48. The molecule has 1 aliphatic heterocycles. The van der Waals surface area contributed by atoms with Gasteiger partial charge in [-0.05, 0) is 17.7 Å². The number of nitrogens with zero attached hydrogens (tertiary/aromatic N) is 5. The summed E-state index contributed by atoms with van der Waals surface area (Å²) in [5, 5.41) is 2.57. The molecule has 3 aromatic rings. The number of terminal acetylenes is 1. The van der Waals surface area contributed by atoms with E-state index in [0.29, 0.717) is 11.5 Å². The first-order chi connectivity index (χ1) is 13.7. The summed E-state index contributed by atoms with van der Waals surface area (Å²) in [5.41, 5.74) is 4.40. The molecule has 7 nitrogen and oxygen atoms in total. The predicted molar refractivity (Wildman–Crippen MR) is 110 cm³/mol. The molecular weight excluding hydrogens is 372 g/mol. The lowest BCUT2D eigenvalue weighted by molar-refractivity contribution is 0.0962. The average Bonchev–Trinajstić information content (AvgIpc) is 3.22. The number of hydrogen-bond acceptors (Lipinski definition) is 7. The number of fused-ring (bicyclic) bond motifs is 1. The van der Waals surface area contributed by atoms with Gasteiger partial charge in [-0.1, -0.05) is 12.0 Å². The Kier molecular flexibility index (Phi) is 5.19. The minimum Gasteiger partial charge on any atom is -0.355 e. The second kappa shape index (κ2) is 7.92. The van der Waals surface area contributed by atoms with Gasteiger partial charge in [-0.25, -0.2) is 15.0 Å². The summed E-state index contributed by atoms with van der Waals surface area (Å²) in [6.07, 6.45) is 8.99. The highest BCUT2D eigenvalue weighted by molar-refractivity contribution is 7.16. The standard InChI is InChI=1S/C20H20N6OS/c1-3-17(14-4-5-18-16(10-14)24-13-28-18)25-6-8-26(9-7-25)20-22-11-15(12-23-20)19(27)21-2/h1,4-5,10-13,17H,6-9H2,2H3,(H,21,27). The second-order valence-electron chi connectivity index (χ2n) is 6.52. The van der Waals surface area contributed by atoms with E-state index >= 15 is 0 Å². The highest BCUT2D eigenvalue weighted by atomic mass is 32.1. The molecule has 0 spiro atoms. The van der Waals surface area contributed by atoms with Crippen molar-refractivity contribution in [3.05, 3.63) is 47.2 Å². The van der Waals surface area contributed by atoms with Crippen molar-refractivity contribution in [1.82, 2.24) is 25.2 Å². The van der Waals surface area contributed by atoms with Crippen molar-refractivity contribution >= 4 is 33.4 Å². The molecule has 2 aromatic heterocycles. The second-order valence-corrected chi connectivity index (χ2v) is 7.41. The minimum atomic E-state index is -0.190. The molecule has 1 N–H and O–H groups in total. The van der Waals surface area contributed by atoms with Crippen LogP contribution in [0.1, 0.15) is 22.0 Å². The van der Waals surface area contributed by atoms with Crippen LogP contribution in [0.15, 0.2) is 36.1 Å². The van der Waals surface area contributed by atoms with Crippen molar-refractivity contribution < 1.29 is 4.79 Å². The molecule has 1 aromatic carbocycles. The summed E-state index contributed by atoms with van der Waals surface area (Å²) in [4.78, 5) is 29.1. The maximum absolute atomic E-state index is 11.6. The van der Waals surface area contributed by atoms with Crippen molar-refractivity contribution in [2.75, 3.05) is 38.1 Å². The SMILES string of the molecule is C#CC(c1ccc2scnc2c1)N1CCN(c2ncc(C(=O)NC)cn2)CC1. The van der Waals surface area contributed by atoms with Crippen molar-refractivity contribution in [3.63, 3.8) is 0 Å². The van der Waals surface area contributed by atoms with E-state index in [1.807, 2.05) is 5.51 Å². The largest absolute Gasteiger partial charge is 0.355 e. The molecular formula is C20H20N6OS. The molecule has 0 bridgehead atoms. The Morgan fingerprint density at radius 1 is 1.21 bits per heavy atom. The van der Waals surface area contributed by atoms with Crippen LogP contribution >= 0.6 is 11.3 Å². The first-order valence-corrected chi connectivity index (χ1v) is 9.90. The highest BCUT2D eigenvalue weighted by Gasteiger charge is 2.25. The van der Waals surface area contributed by atoms with Gasteiger partial charge < -0.3 is 10.2 Å². The van der Waals surface area contributed by atoms with Crippen LogP contribution in [0, 0.1) is 12.3 Å². The van der Waals surface area contributed by atoms with Crippen molar-refractivity contribution in [1.29, 1.82) is 0 Å². The van der Waals surface area contributed by atoms with Gasteiger partial charge in [-0.3, -0.25) is 9.69 Å². The molecule has 8 heteroatoms. The van der Waals surface area contributed by atoms with Crippen LogP contribution < -0.4 is 10.2 Å². The van der Waals surface area contributed by atoms with Crippen LogP contribution in [0.5, 0.6) is 0 Å². The Morgan fingerprint density at radius 3 is 2.64 bits per heavy atom. The number of aromatic nitrogens is 3. The molecule has 1 aliphatic rings. The van der Waals surface area contributed by atoms with E-state index in [2.05, 4.69) is 54.2 Å². The molecule has 1 saturated heterocycles. The Hall–Kier alpha value is -3.02. The summed E-state index contributed by atoms with van der Waals surface area (Å²) in [6, 6.07) is 6.19. The molecule has 0 radical (unpaired) electrons. The Balaban J connectivity index is 1.44. The van der Waals surface area contributed by atoms with Gasteiger partial charge in [0.2, 0.25) is 5.95 Å². The van der Waals surface area contributed by atoms with Gasteiger partial charge in [0.1, 0.15) is 0 Å². The normalized spacial score (nSPS) is 15.9. The molecule has 1 atom stereocenters. The van der Waals surface area contributed by atoms with Gasteiger partial charge in [0.15, 0.2) is 0 Å². The highest BCUT2D eigenvalue weighted by Crippen LogP contribution is 2.27. The molecule has 0 aliphatic carbocycles. The number of hydrogen-bond donors (Lipinski definition) is 1. The molecule has 4 rings (SSSR count). The monoisotopic (exact) mass is 392 g/mol. The zero-order valence-electron chi connectivity index (χ0n) is 15.5. The Morgan fingerprint density at radius 2 is 1.96 bits per heavy atom. The minimum absolute atomic E-state index is 0.0789. The fourth-order valence-electron chi connectivity index (χ4n) is 3.38. The fraction of sp³-hybridized carbons (Fsp3) is 0.300. The van der Waals surface area contributed by atoms with Crippen LogP contribution in [0.25, 0.3) is 10.2 Å². The number of nitrogens with one attached hydrogen (secondary N) is 1. The third-order valence-corrected chi connectivity index (χ3v) is 5.73. The molecule has 28 heavy (non-hydrogen) atoms. The summed E-state index contributed by atoms with van der Waals surface area (Å²) >= 11 is 1.63. The van der Waals surface area contributed by atoms with Gasteiger partial charge in [-0.2, -0.15) is 0 Å². The number of carbonyl (C=O) groups is 1. The summed E-state index contributed by atoms with van der Waals surface area (Å²) in [7, 11) is 1.59. The van der Waals surface area contributed by atoms with Crippen molar-refractivity contribution in [2.45, 2.75) is 6.04 Å². The number of benzene rings is 1. The number of anilines is 1. The maximum Gasteiger partial charge on any atom is 0.254 e. The van der Waals surface area contributed by atoms with E-state index in [9.17, 15) is 4.79 Å². The topological polar surface area (TPSA) is 74.2 Å². The van der Waals surface area contributed by atoms with Crippen LogP contribution in [0.4, 0.5) is 5.95 Å². The smallest absolute Gasteiger partial charge is 0.254 e. The molecule has 3 heterocycles. The fourth-order valence-corrected chi connectivity index (χ4v) is 4.04.